The van der Waals surface area contributed by atoms with Gasteiger partial charge in [0.15, 0.2) is 0 Å². The predicted molar refractivity (Wildman–Crippen MR) is 81.2 cm³/mol. The van der Waals surface area contributed by atoms with Gasteiger partial charge in [0.1, 0.15) is 22.8 Å². The van der Waals surface area contributed by atoms with Crippen molar-refractivity contribution in [2.45, 2.75) is 37.8 Å². The van der Waals surface area contributed by atoms with E-state index in [1.54, 1.807) is 11.8 Å². The predicted octanol–water partition coefficient (Wildman–Crippen LogP) is 2.53. The minimum Gasteiger partial charge on any atom is -0.444 e. The lowest BCUT2D eigenvalue weighted by atomic mass is 10.2. The third-order valence-electron chi connectivity index (χ3n) is 2.18. The summed E-state index contributed by atoms with van der Waals surface area (Å²) in [5.41, 5.74) is -0.461. The van der Waals surface area contributed by atoms with E-state index in [-0.39, 0.29) is 6.09 Å². The van der Waals surface area contributed by atoms with E-state index in [2.05, 4.69) is 20.6 Å². The number of amides is 1. The van der Waals surface area contributed by atoms with Gasteiger partial charge in [-0.2, -0.15) is 0 Å². The van der Waals surface area contributed by atoms with Crippen molar-refractivity contribution in [1.29, 1.82) is 0 Å². The summed E-state index contributed by atoms with van der Waals surface area (Å²) < 4.78 is 5.14. The van der Waals surface area contributed by atoms with Crippen molar-refractivity contribution < 1.29 is 9.53 Å². The Hall–Kier alpha value is -1.50. The van der Waals surface area contributed by atoms with Gasteiger partial charge in [0.05, 0.1) is 0 Å². The van der Waals surface area contributed by atoms with Crippen molar-refractivity contribution in [3.05, 3.63) is 12.4 Å². The van der Waals surface area contributed by atoms with Gasteiger partial charge in [-0.15, -0.1) is 11.8 Å². The second-order valence-corrected chi connectivity index (χ2v) is 5.98. The molecule has 0 saturated carbocycles. The molecular formula is C13H22N4O2S. The van der Waals surface area contributed by atoms with Crippen LogP contribution in [0.15, 0.2) is 17.4 Å². The van der Waals surface area contributed by atoms with Crippen LogP contribution < -0.4 is 10.6 Å². The summed E-state index contributed by atoms with van der Waals surface area (Å²) in [4.78, 5) is 19.6. The standard InChI is InChI=1S/C13H22N4O2S/c1-13(2,3)19-12(18)15-7-5-6-14-10-8-11(20-4)17-9-16-10/h8-9H,5-7H2,1-4H3,(H,15,18)(H,14,16,17). The molecule has 0 saturated heterocycles. The van der Waals surface area contributed by atoms with Gasteiger partial charge in [-0.05, 0) is 33.4 Å². The largest absolute Gasteiger partial charge is 0.444 e. The van der Waals surface area contributed by atoms with Crippen LogP contribution in [0.2, 0.25) is 0 Å². The first-order valence-electron chi connectivity index (χ1n) is 6.47. The average molecular weight is 298 g/mol. The summed E-state index contributed by atoms with van der Waals surface area (Å²) in [6.07, 6.45) is 3.91. The summed E-state index contributed by atoms with van der Waals surface area (Å²) in [5, 5.41) is 6.82. The zero-order valence-corrected chi connectivity index (χ0v) is 13.2. The molecule has 1 aromatic rings. The van der Waals surface area contributed by atoms with E-state index in [4.69, 9.17) is 4.74 Å². The molecule has 0 bridgehead atoms. The van der Waals surface area contributed by atoms with E-state index in [9.17, 15) is 4.79 Å². The van der Waals surface area contributed by atoms with Gasteiger partial charge in [0.2, 0.25) is 0 Å². The van der Waals surface area contributed by atoms with Crippen LogP contribution in [0.1, 0.15) is 27.2 Å². The van der Waals surface area contributed by atoms with Gasteiger partial charge >= 0.3 is 6.09 Å². The summed E-state index contributed by atoms with van der Waals surface area (Å²) in [7, 11) is 0. The lowest BCUT2D eigenvalue weighted by molar-refractivity contribution is 0.0528. The van der Waals surface area contributed by atoms with Crippen LogP contribution in [0, 0.1) is 0 Å². The van der Waals surface area contributed by atoms with Gasteiger partial charge in [0, 0.05) is 19.2 Å². The fraction of sp³-hybridized carbons (Fsp3) is 0.615. The van der Waals surface area contributed by atoms with Crippen molar-refractivity contribution in [3.8, 4) is 0 Å². The molecule has 0 aliphatic rings. The highest BCUT2D eigenvalue weighted by Crippen LogP contribution is 2.13. The van der Waals surface area contributed by atoms with Crippen molar-refractivity contribution in [2.75, 3.05) is 24.7 Å². The molecule has 0 unspecified atom stereocenters. The first-order valence-corrected chi connectivity index (χ1v) is 7.70. The summed E-state index contributed by atoms with van der Waals surface area (Å²) >= 11 is 1.57. The number of rotatable bonds is 6. The van der Waals surface area contributed by atoms with Crippen molar-refractivity contribution >= 4 is 23.7 Å². The molecule has 0 radical (unpaired) electrons. The Balaban J connectivity index is 2.17. The lowest BCUT2D eigenvalue weighted by Gasteiger charge is -2.19. The molecule has 0 aliphatic carbocycles. The number of aromatic nitrogens is 2. The van der Waals surface area contributed by atoms with E-state index >= 15 is 0 Å². The lowest BCUT2D eigenvalue weighted by Crippen LogP contribution is -2.33. The van der Waals surface area contributed by atoms with Crippen molar-refractivity contribution in [2.24, 2.45) is 0 Å². The van der Waals surface area contributed by atoms with Crippen LogP contribution in [0.25, 0.3) is 0 Å². The molecule has 7 heteroatoms. The number of hydrogen-bond acceptors (Lipinski definition) is 6. The number of hydrogen-bond donors (Lipinski definition) is 2. The molecule has 0 spiro atoms. The van der Waals surface area contributed by atoms with E-state index in [1.807, 2.05) is 33.1 Å². The van der Waals surface area contributed by atoms with Crippen LogP contribution in [0.3, 0.4) is 0 Å². The topological polar surface area (TPSA) is 76.1 Å². The average Bonchev–Trinajstić information content (AvgIpc) is 2.36. The Morgan fingerprint density at radius 1 is 1.35 bits per heavy atom. The number of ether oxygens (including phenoxy) is 1. The first kappa shape index (κ1) is 16.6. The van der Waals surface area contributed by atoms with Gasteiger partial charge in [-0.25, -0.2) is 14.8 Å². The second-order valence-electron chi connectivity index (χ2n) is 5.15. The molecule has 6 nitrogen and oxygen atoms in total. The van der Waals surface area contributed by atoms with Crippen LogP contribution in [0.5, 0.6) is 0 Å². The molecule has 1 heterocycles. The van der Waals surface area contributed by atoms with Gasteiger partial charge in [0.25, 0.3) is 0 Å². The van der Waals surface area contributed by atoms with Gasteiger partial charge in [-0.3, -0.25) is 0 Å². The zero-order valence-electron chi connectivity index (χ0n) is 12.4. The zero-order chi connectivity index (χ0) is 15.0. The smallest absolute Gasteiger partial charge is 0.407 e. The SMILES string of the molecule is CSc1cc(NCCCNC(=O)OC(C)(C)C)ncn1. The maximum atomic E-state index is 11.4. The molecular weight excluding hydrogens is 276 g/mol. The highest BCUT2D eigenvalue weighted by atomic mass is 32.2. The number of carbonyl (C=O) groups is 1. The van der Waals surface area contributed by atoms with Crippen molar-refractivity contribution in [3.63, 3.8) is 0 Å². The van der Waals surface area contributed by atoms with E-state index in [1.165, 1.54) is 6.33 Å². The normalized spacial score (nSPS) is 11.0. The highest BCUT2D eigenvalue weighted by molar-refractivity contribution is 7.98. The van der Waals surface area contributed by atoms with Crippen LogP contribution in [0.4, 0.5) is 10.6 Å². The molecule has 0 fully saturated rings. The van der Waals surface area contributed by atoms with E-state index < -0.39 is 5.60 Å². The summed E-state index contributed by atoms with van der Waals surface area (Å²) in [6, 6.07) is 1.89. The fourth-order valence-electron chi connectivity index (χ4n) is 1.36. The Bertz CT molecular complexity index is 435. The number of anilines is 1. The molecule has 2 N–H and O–H groups in total. The summed E-state index contributed by atoms with van der Waals surface area (Å²) in [5.74, 6) is 0.793. The van der Waals surface area contributed by atoms with Gasteiger partial charge in [-0.1, -0.05) is 0 Å². The molecule has 20 heavy (non-hydrogen) atoms. The molecule has 0 aliphatic heterocycles. The monoisotopic (exact) mass is 298 g/mol. The van der Waals surface area contributed by atoms with Gasteiger partial charge < -0.3 is 15.4 Å². The minimum atomic E-state index is -0.461. The maximum Gasteiger partial charge on any atom is 0.407 e. The Morgan fingerprint density at radius 2 is 2.10 bits per heavy atom. The van der Waals surface area contributed by atoms with E-state index in [0.717, 1.165) is 23.8 Å². The third-order valence-corrected chi connectivity index (χ3v) is 2.82. The summed E-state index contributed by atoms with van der Waals surface area (Å²) in [6.45, 7) is 6.80. The van der Waals surface area contributed by atoms with Crippen molar-refractivity contribution in [1.82, 2.24) is 15.3 Å². The highest BCUT2D eigenvalue weighted by Gasteiger charge is 2.15. The van der Waals surface area contributed by atoms with Crippen LogP contribution in [-0.4, -0.2) is 41.0 Å². The Morgan fingerprint density at radius 3 is 2.75 bits per heavy atom. The molecule has 0 aromatic carbocycles. The van der Waals surface area contributed by atoms with E-state index in [0.29, 0.717) is 6.54 Å². The fourth-order valence-corrected chi connectivity index (χ4v) is 1.74. The number of thioether (sulfide) groups is 1. The first-order chi connectivity index (χ1) is 9.40. The Labute approximate surface area is 124 Å². The maximum absolute atomic E-state index is 11.4. The minimum absolute atomic E-state index is 0.385. The quantitative estimate of drug-likeness (QED) is 0.477. The molecule has 1 rings (SSSR count). The molecule has 112 valence electrons. The van der Waals surface area contributed by atoms with Crippen LogP contribution in [-0.2, 0) is 4.74 Å². The molecule has 1 aromatic heterocycles. The number of carbonyl (C=O) groups excluding carboxylic acids is 1. The molecule has 0 atom stereocenters. The third kappa shape index (κ3) is 7.18. The second kappa shape index (κ2) is 7.94. The Kier molecular flexibility index (Phi) is 6.57. The number of nitrogens with zero attached hydrogens (tertiary/aromatic N) is 2. The number of alkyl carbamates (subject to hydrolysis) is 1. The molecule has 1 amide bonds. The number of nitrogens with one attached hydrogen (secondary N) is 2. The van der Waals surface area contributed by atoms with Crippen LogP contribution >= 0.6 is 11.8 Å².